The van der Waals surface area contributed by atoms with Gasteiger partial charge in [-0.05, 0) is 24.6 Å². The van der Waals surface area contributed by atoms with Crippen LogP contribution >= 0.6 is 23.1 Å². The fourth-order valence-electron chi connectivity index (χ4n) is 1.78. The molecule has 0 aliphatic carbocycles. The van der Waals surface area contributed by atoms with Crippen LogP contribution in [0, 0.1) is 0 Å². The van der Waals surface area contributed by atoms with Crippen LogP contribution in [0.15, 0.2) is 50.4 Å². The van der Waals surface area contributed by atoms with Crippen LogP contribution in [0.2, 0.25) is 0 Å². The number of sulfone groups is 1. The maximum atomic E-state index is 12.3. The van der Waals surface area contributed by atoms with Gasteiger partial charge in [-0.15, -0.1) is 11.3 Å². The predicted molar refractivity (Wildman–Crippen MR) is 84.2 cm³/mol. The topological polar surface area (TPSA) is 71.4 Å². The van der Waals surface area contributed by atoms with Crippen LogP contribution in [0.4, 0.5) is 0 Å². The van der Waals surface area contributed by atoms with Crippen molar-refractivity contribution in [1.82, 2.24) is 0 Å². The van der Waals surface area contributed by atoms with E-state index in [0.29, 0.717) is 16.2 Å². The van der Waals surface area contributed by atoms with Crippen molar-refractivity contribution in [2.75, 3.05) is 5.75 Å². The number of hydrogen-bond acceptors (Lipinski definition) is 5. The van der Waals surface area contributed by atoms with Gasteiger partial charge in [0.25, 0.3) is 0 Å². The van der Waals surface area contributed by atoms with Crippen LogP contribution in [0.25, 0.3) is 0 Å². The Morgan fingerprint density at radius 1 is 1.33 bits per heavy atom. The van der Waals surface area contributed by atoms with Crippen LogP contribution in [0.5, 0.6) is 0 Å². The van der Waals surface area contributed by atoms with Gasteiger partial charge in [-0.2, -0.15) is 0 Å². The normalized spacial score (nSPS) is 11.5. The quantitative estimate of drug-likeness (QED) is 0.865. The second-order valence-corrected chi connectivity index (χ2v) is 8.42. The summed E-state index contributed by atoms with van der Waals surface area (Å²) in [4.78, 5) is 12.8. The molecule has 0 saturated heterocycles. The summed E-state index contributed by atoms with van der Waals surface area (Å²) >= 11 is 2.40. The van der Waals surface area contributed by atoms with E-state index in [1.54, 1.807) is 35.7 Å². The lowest BCUT2D eigenvalue weighted by atomic mass is 10.4. The number of benzene rings is 1. The Labute approximate surface area is 131 Å². The Hall–Kier alpha value is -1.31. The zero-order valence-electron chi connectivity index (χ0n) is 11.3. The lowest BCUT2D eigenvalue weighted by Crippen LogP contribution is -2.06. The Kier molecular flexibility index (Phi) is 5.08. The first-order valence-corrected chi connectivity index (χ1v) is 9.60. The summed E-state index contributed by atoms with van der Waals surface area (Å²) in [6, 6.07) is 8.37. The van der Waals surface area contributed by atoms with E-state index in [-0.39, 0.29) is 10.6 Å². The van der Waals surface area contributed by atoms with Crippen molar-refractivity contribution in [3.63, 3.8) is 0 Å². The lowest BCUT2D eigenvalue weighted by molar-refractivity contribution is 0.0702. The monoisotopic (exact) mass is 342 g/mol. The second kappa shape index (κ2) is 6.64. The molecule has 0 amide bonds. The van der Waals surface area contributed by atoms with Crippen molar-refractivity contribution < 1.29 is 18.3 Å². The van der Waals surface area contributed by atoms with Gasteiger partial charge >= 0.3 is 5.97 Å². The van der Waals surface area contributed by atoms with E-state index in [1.807, 2.05) is 6.92 Å². The molecule has 1 N–H and O–H groups in total. The average molecular weight is 342 g/mol. The number of carboxylic acids is 1. The maximum absolute atomic E-state index is 12.3. The Bertz CT molecular complexity index is 747. The van der Waals surface area contributed by atoms with Gasteiger partial charge in [-0.25, -0.2) is 13.2 Å². The maximum Gasteiger partial charge on any atom is 0.345 e. The van der Waals surface area contributed by atoms with Crippen molar-refractivity contribution in [3.05, 3.63) is 40.6 Å². The number of carbonyl (C=O) groups is 1. The molecule has 0 fully saturated rings. The van der Waals surface area contributed by atoms with Gasteiger partial charge in [0, 0.05) is 15.2 Å². The number of carboxylic acid groups (broad SMARTS) is 1. The van der Waals surface area contributed by atoms with Gasteiger partial charge in [0.1, 0.15) is 4.88 Å². The van der Waals surface area contributed by atoms with Crippen molar-refractivity contribution in [2.24, 2.45) is 0 Å². The predicted octanol–water partition coefficient (Wildman–Crippen LogP) is 3.78. The molecule has 0 radical (unpaired) electrons. The van der Waals surface area contributed by atoms with Crippen molar-refractivity contribution in [3.8, 4) is 0 Å². The van der Waals surface area contributed by atoms with E-state index in [9.17, 15) is 13.2 Å². The van der Waals surface area contributed by atoms with Gasteiger partial charge in [0.15, 0.2) is 9.84 Å². The van der Waals surface area contributed by atoms with Gasteiger partial charge in [0.05, 0.1) is 10.6 Å². The molecule has 2 rings (SSSR count). The summed E-state index contributed by atoms with van der Waals surface area (Å²) in [5, 5.41) is 10.6. The van der Waals surface area contributed by atoms with E-state index in [2.05, 4.69) is 0 Å². The highest BCUT2D eigenvalue weighted by molar-refractivity contribution is 8.00. The minimum Gasteiger partial charge on any atom is -0.477 e. The number of hydrogen-bond donors (Lipinski definition) is 1. The van der Waals surface area contributed by atoms with Crippen molar-refractivity contribution in [1.29, 1.82) is 0 Å². The van der Waals surface area contributed by atoms with Crippen LogP contribution in [-0.4, -0.2) is 25.2 Å². The third-order valence-corrected chi connectivity index (χ3v) is 6.89. The molecule has 0 unspecified atom stereocenters. The highest BCUT2D eigenvalue weighted by Crippen LogP contribution is 2.35. The van der Waals surface area contributed by atoms with Gasteiger partial charge < -0.3 is 5.11 Å². The van der Waals surface area contributed by atoms with E-state index in [0.717, 1.165) is 16.2 Å². The molecule has 1 heterocycles. The summed E-state index contributed by atoms with van der Waals surface area (Å²) in [7, 11) is -3.30. The van der Waals surface area contributed by atoms with Crippen LogP contribution < -0.4 is 0 Å². The Morgan fingerprint density at radius 3 is 2.67 bits per heavy atom. The first-order valence-electron chi connectivity index (χ1n) is 6.25. The molecule has 1 aromatic heterocycles. The summed E-state index contributed by atoms with van der Waals surface area (Å²) in [6.07, 6.45) is 0.558. The summed E-state index contributed by atoms with van der Waals surface area (Å²) in [5.41, 5.74) is 0. The molecule has 0 spiro atoms. The molecule has 21 heavy (non-hydrogen) atoms. The molecular formula is C14H14O4S3. The molecule has 2 aromatic rings. The molecule has 0 bridgehead atoms. The average Bonchev–Trinajstić information content (AvgIpc) is 2.88. The molecule has 7 heteroatoms. The zero-order valence-corrected chi connectivity index (χ0v) is 13.7. The minimum atomic E-state index is -3.30. The van der Waals surface area contributed by atoms with E-state index < -0.39 is 15.8 Å². The molecule has 0 aliphatic heterocycles. The fraction of sp³-hybridized carbons (Fsp3) is 0.214. The second-order valence-electron chi connectivity index (χ2n) is 4.32. The first-order chi connectivity index (χ1) is 9.94. The highest BCUT2D eigenvalue weighted by Gasteiger charge is 2.18. The van der Waals surface area contributed by atoms with Crippen molar-refractivity contribution >= 4 is 38.9 Å². The van der Waals surface area contributed by atoms with Crippen LogP contribution in [-0.2, 0) is 9.84 Å². The molecule has 0 saturated carbocycles. The standard InChI is InChI=1S/C14H14O4S3/c1-2-7-21(17,18)13-6-4-3-5-11(13)20-10-8-12(14(15)16)19-9-10/h3-6,8-9H,2,7H2,1H3,(H,15,16). The van der Waals surface area contributed by atoms with Gasteiger partial charge in [0.2, 0.25) is 0 Å². The van der Waals surface area contributed by atoms with E-state index in [1.165, 1.54) is 11.8 Å². The van der Waals surface area contributed by atoms with Crippen molar-refractivity contribution in [2.45, 2.75) is 28.0 Å². The zero-order chi connectivity index (χ0) is 15.5. The van der Waals surface area contributed by atoms with Crippen LogP contribution in [0.3, 0.4) is 0 Å². The Morgan fingerprint density at radius 2 is 2.05 bits per heavy atom. The molecule has 4 nitrogen and oxygen atoms in total. The fourth-order valence-corrected chi connectivity index (χ4v) is 5.47. The summed E-state index contributed by atoms with van der Waals surface area (Å²) in [5.74, 6) is -0.868. The SMILES string of the molecule is CCCS(=O)(=O)c1ccccc1Sc1csc(C(=O)O)c1. The third kappa shape index (κ3) is 3.87. The summed E-state index contributed by atoms with van der Waals surface area (Å²) < 4.78 is 24.5. The molecule has 112 valence electrons. The van der Waals surface area contributed by atoms with E-state index >= 15 is 0 Å². The Balaban J connectivity index is 2.34. The first kappa shape index (κ1) is 16.1. The lowest BCUT2D eigenvalue weighted by Gasteiger charge is -2.08. The molecule has 1 aromatic carbocycles. The van der Waals surface area contributed by atoms with Gasteiger partial charge in [-0.3, -0.25) is 0 Å². The number of aromatic carboxylic acids is 1. The summed E-state index contributed by atoms with van der Waals surface area (Å²) in [6.45, 7) is 1.82. The number of rotatable bonds is 6. The van der Waals surface area contributed by atoms with Crippen LogP contribution in [0.1, 0.15) is 23.0 Å². The molecule has 0 aliphatic rings. The molecule has 0 atom stereocenters. The number of thiophene rings is 1. The third-order valence-electron chi connectivity index (χ3n) is 2.67. The minimum absolute atomic E-state index is 0.106. The van der Waals surface area contributed by atoms with E-state index in [4.69, 9.17) is 5.11 Å². The molecular weight excluding hydrogens is 328 g/mol. The largest absolute Gasteiger partial charge is 0.477 e. The smallest absolute Gasteiger partial charge is 0.345 e. The van der Waals surface area contributed by atoms with Gasteiger partial charge in [-0.1, -0.05) is 30.8 Å². The highest BCUT2D eigenvalue weighted by atomic mass is 32.2.